The van der Waals surface area contributed by atoms with Gasteiger partial charge in [-0.05, 0) is 6.07 Å². The molecule has 0 aliphatic carbocycles. The van der Waals surface area contributed by atoms with Gasteiger partial charge in [-0.15, -0.1) is 0 Å². The third-order valence-electron chi connectivity index (χ3n) is 1.76. The molecule has 0 radical (unpaired) electrons. The van der Waals surface area contributed by atoms with Crippen LogP contribution in [0.3, 0.4) is 0 Å². The molecule has 1 aromatic carbocycles. The Morgan fingerprint density at radius 3 is 3.00 bits per heavy atom. The molecule has 0 unspecified atom stereocenters. The molecule has 2 rings (SSSR count). The maximum Gasteiger partial charge on any atom is 0.563 e. The third kappa shape index (κ3) is 1.10. The molecule has 0 aromatic heterocycles. The quantitative estimate of drug-likeness (QED) is 0.561. The van der Waals surface area contributed by atoms with E-state index >= 15 is 0 Å². The largest absolute Gasteiger partial charge is 0.563 e. The Morgan fingerprint density at radius 2 is 2.17 bits per heavy atom. The first-order valence-electron chi connectivity index (χ1n) is 3.76. The molecule has 60 valence electrons. The number of para-hydroxylation sites is 1. The van der Waals surface area contributed by atoms with Crippen molar-refractivity contribution in [2.75, 3.05) is 0 Å². The molecule has 1 aromatic rings. The van der Waals surface area contributed by atoms with Crippen molar-refractivity contribution in [3.63, 3.8) is 0 Å². The van der Waals surface area contributed by atoms with Crippen LogP contribution in [0.5, 0.6) is 0 Å². The fourth-order valence-electron chi connectivity index (χ4n) is 1.22. The van der Waals surface area contributed by atoms with Crippen molar-refractivity contribution < 1.29 is 9.68 Å². The molecule has 0 saturated heterocycles. The molecule has 0 spiro atoms. The Morgan fingerprint density at radius 1 is 1.42 bits per heavy atom. The van der Waals surface area contributed by atoms with E-state index in [1.165, 1.54) is 0 Å². The highest BCUT2D eigenvalue weighted by molar-refractivity contribution is 6.64. The van der Waals surface area contributed by atoms with E-state index in [0.29, 0.717) is 5.90 Å². The van der Waals surface area contributed by atoms with E-state index in [-0.39, 0.29) is 0 Å². The van der Waals surface area contributed by atoms with Gasteiger partial charge < -0.3 is 9.68 Å². The second kappa shape index (κ2) is 2.64. The van der Waals surface area contributed by atoms with Gasteiger partial charge in [-0.3, -0.25) is 0 Å². The highest BCUT2D eigenvalue weighted by atomic mass is 16.5. The predicted octanol–water partition coefficient (Wildman–Crippen LogP) is 0.454. The summed E-state index contributed by atoms with van der Waals surface area (Å²) in [6.45, 7) is 1.72. The van der Waals surface area contributed by atoms with Crippen LogP contribution < -0.4 is 5.46 Å². The van der Waals surface area contributed by atoms with Gasteiger partial charge in [-0.1, -0.05) is 18.2 Å². The van der Waals surface area contributed by atoms with E-state index < -0.39 is 7.12 Å². The lowest BCUT2D eigenvalue weighted by Crippen LogP contribution is -2.38. The highest BCUT2D eigenvalue weighted by Gasteiger charge is 2.25. The van der Waals surface area contributed by atoms with Crippen molar-refractivity contribution in [2.45, 2.75) is 6.92 Å². The van der Waals surface area contributed by atoms with Crippen LogP contribution in [0, 0.1) is 0 Å². The van der Waals surface area contributed by atoms with Crippen LogP contribution in [0.1, 0.15) is 6.92 Å². The van der Waals surface area contributed by atoms with Gasteiger partial charge in [0, 0.05) is 12.4 Å². The van der Waals surface area contributed by atoms with Crippen LogP contribution in [-0.4, -0.2) is 18.0 Å². The van der Waals surface area contributed by atoms with E-state index in [1.54, 1.807) is 13.0 Å². The summed E-state index contributed by atoms with van der Waals surface area (Å²) in [5, 5.41) is 9.43. The van der Waals surface area contributed by atoms with E-state index in [9.17, 15) is 5.02 Å². The first kappa shape index (κ1) is 7.37. The smallest absolute Gasteiger partial charge is 0.522 e. The van der Waals surface area contributed by atoms with Gasteiger partial charge in [0.05, 0.1) is 5.69 Å². The second-order valence-electron chi connectivity index (χ2n) is 2.66. The molecule has 1 aliphatic rings. The maximum absolute atomic E-state index is 9.43. The van der Waals surface area contributed by atoms with Crippen molar-refractivity contribution in [3.05, 3.63) is 24.3 Å². The minimum atomic E-state index is -0.862. The third-order valence-corrected chi connectivity index (χ3v) is 1.76. The number of hydrogen-bond acceptors (Lipinski definition) is 3. The molecule has 0 bridgehead atoms. The number of aliphatic imine (C=N–C) groups is 1. The van der Waals surface area contributed by atoms with Gasteiger partial charge in [0.2, 0.25) is 0 Å². The number of benzene rings is 1. The Labute approximate surface area is 70.9 Å². The summed E-state index contributed by atoms with van der Waals surface area (Å²) in [6.07, 6.45) is 0. The zero-order chi connectivity index (χ0) is 8.55. The number of nitrogens with zero attached hydrogens (tertiary/aromatic N) is 1. The molecule has 1 N–H and O–H groups in total. The Kier molecular flexibility index (Phi) is 1.62. The molecular weight excluding hydrogens is 153 g/mol. The van der Waals surface area contributed by atoms with Crippen molar-refractivity contribution in [3.8, 4) is 0 Å². The first-order chi connectivity index (χ1) is 5.77. The van der Waals surface area contributed by atoms with Gasteiger partial charge in [-0.25, -0.2) is 4.99 Å². The molecule has 1 aliphatic heterocycles. The molecule has 0 saturated carbocycles. The van der Waals surface area contributed by atoms with Crippen molar-refractivity contribution in [1.82, 2.24) is 0 Å². The van der Waals surface area contributed by atoms with E-state index in [2.05, 4.69) is 4.99 Å². The molecule has 0 amide bonds. The maximum atomic E-state index is 9.43. The summed E-state index contributed by atoms with van der Waals surface area (Å²) in [5.41, 5.74) is 1.51. The summed E-state index contributed by atoms with van der Waals surface area (Å²) in [4.78, 5) is 4.13. The minimum absolute atomic E-state index is 0.501. The van der Waals surface area contributed by atoms with Crippen molar-refractivity contribution in [2.24, 2.45) is 4.99 Å². The van der Waals surface area contributed by atoms with Crippen LogP contribution in [0.15, 0.2) is 29.3 Å². The Hall–Kier alpha value is -1.29. The lowest BCUT2D eigenvalue weighted by molar-refractivity contribution is 0.422. The molecule has 4 heteroatoms. The lowest BCUT2D eigenvalue weighted by atomic mass is 9.77. The number of rotatable bonds is 0. The monoisotopic (exact) mass is 161 g/mol. The van der Waals surface area contributed by atoms with Gasteiger partial charge >= 0.3 is 7.12 Å². The predicted molar refractivity (Wildman–Crippen MR) is 47.9 cm³/mol. The van der Waals surface area contributed by atoms with Crippen LogP contribution >= 0.6 is 0 Å². The van der Waals surface area contributed by atoms with Gasteiger partial charge in [-0.2, -0.15) is 0 Å². The normalized spacial score (nSPS) is 14.8. The topological polar surface area (TPSA) is 41.8 Å². The Bertz CT molecular complexity index is 338. The average Bonchev–Trinajstić information content (AvgIpc) is 2.04. The summed E-state index contributed by atoms with van der Waals surface area (Å²) in [7, 11) is -0.862. The Balaban J connectivity index is 2.55. The zero-order valence-electron chi connectivity index (χ0n) is 6.69. The van der Waals surface area contributed by atoms with Crippen molar-refractivity contribution in [1.29, 1.82) is 0 Å². The fraction of sp³-hybridized carbons (Fsp3) is 0.125. The lowest BCUT2D eigenvalue weighted by Gasteiger charge is -2.16. The van der Waals surface area contributed by atoms with Crippen molar-refractivity contribution >= 4 is 24.2 Å². The molecular formula is C8H8BNO2. The summed E-state index contributed by atoms with van der Waals surface area (Å²) >= 11 is 0. The van der Waals surface area contributed by atoms with Gasteiger partial charge in [0.25, 0.3) is 0 Å². The van der Waals surface area contributed by atoms with Gasteiger partial charge in [0.1, 0.15) is 0 Å². The summed E-state index contributed by atoms with van der Waals surface area (Å²) in [6, 6.07) is 7.38. The minimum Gasteiger partial charge on any atom is -0.522 e. The summed E-state index contributed by atoms with van der Waals surface area (Å²) < 4.78 is 5.02. The van der Waals surface area contributed by atoms with E-state index in [4.69, 9.17) is 4.65 Å². The average molecular weight is 161 g/mol. The molecule has 0 atom stereocenters. The summed E-state index contributed by atoms with van der Waals surface area (Å²) in [5.74, 6) is 0.501. The van der Waals surface area contributed by atoms with Crippen LogP contribution in [0.4, 0.5) is 5.69 Å². The van der Waals surface area contributed by atoms with Gasteiger partial charge in [0.15, 0.2) is 5.90 Å². The number of fused-ring (bicyclic) bond motifs is 1. The fourth-order valence-corrected chi connectivity index (χ4v) is 1.22. The zero-order valence-corrected chi connectivity index (χ0v) is 6.69. The molecule has 3 nitrogen and oxygen atoms in total. The number of hydrogen-bond donors (Lipinski definition) is 1. The van der Waals surface area contributed by atoms with Crippen LogP contribution in [-0.2, 0) is 4.65 Å². The SMILES string of the molecule is CC1=Nc2ccccc2B(O)O1. The van der Waals surface area contributed by atoms with Crippen LogP contribution in [0.25, 0.3) is 0 Å². The molecule has 12 heavy (non-hydrogen) atoms. The van der Waals surface area contributed by atoms with E-state index in [1.807, 2.05) is 18.2 Å². The highest BCUT2D eigenvalue weighted by Crippen LogP contribution is 2.13. The first-order valence-corrected chi connectivity index (χ1v) is 3.76. The standard InChI is InChI=1S/C8H8BNO2/c1-6-10-8-5-3-2-4-7(8)9(11)12-6/h2-5,11H,1H3. The van der Waals surface area contributed by atoms with Crippen LogP contribution in [0.2, 0.25) is 0 Å². The second-order valence-corrected chi connectivity index (χ2v) is 2.66. The van der Waals surface area contributed by atoms with E-state index in [0.717, 1.165) is 11.2 Å². The molecule has 0 fully saturated rings. The molecule has 1 heterocycles.